The third-order valence-electron chi connectivity index (χ3n) is 4.12. The highest BCUT2D eigenvalue weighted by molar-refractivity contribution is 7.10. The Hall–Kier alpha value is -1.87. The summed E-state index contributed by atoms with van der Waals surface area (Å²) < 4.78 is 11.5. The summed E-state index contributed by atoms with van der Waals surface area (Å²) >= 11 is 1.61. The lowest BCUT2D eigenvalue weighted by atomic mass is 10.1. The topological polar surface area (TPSA) is 54.3 Å². The summed E-state index contributed by atoms with van der Waals surface area (Å²) in [6, 6.07) is 10.4. The molecule has 1 N–H and O–H groups in total. The number of hydrogen-bond acceptors (Lipinski definition) is 5. The number of benzene rings is 1. The molecule has 126 valence electrons. The van der Waals surface area contributed by atoms with E-state index >= 15 is 0 Å². The molecule has 1 atom stereocenters. The summed E-state index contributed by atoms with van der Waals surface area (Å²) in [6.45, 7) is 5.96. The molecule has 0 spiro atoms. The predicted molar refractivity (Wildman–Crippen MR) is 95.2 cm³/mol. The number of thiophene rings is 1. The zero-order valence-corrected chi connectivity index (χ0v) is 14.7. The molecule has 0 unspecified atom stereocenters. The minimum absolute atomic E-state index is 0.502. The van der Waals surface area contributed by atoms with E-state index in [1.165, 1.54) is 10.4 Å². The van der Waals surface area contributed by atoms with Crippen molar-refractivity contribution in [2.24, 2.45) is 5.92 Å². The van der Waals surface area contributed by atoms with Gasteiger partial charge in [-0.3, -0.25) is 0 Å². The number of ether oxygens (including phenoxy) is 2. The van der Waals surface area contributed by atoms with Crippen molar-refractivity contribution in [3.05, 3.63) is 51.2 Å². The van der Waals surface area contributed by atoms with Gasteiger partial charge < -0.3 is 14.8 Å². The van der Waals surface area contributed by atoms with Gasteiger partial charge in [-0.15, -0.1) is 11.3 Å². The molecular formula is C19H22N2O2S. The predicted octanol–water partition coefficient (Wildman–Crippen LogP) is 3.63. The van der Waals surface area contributed by atoms with Crippen LogP contribution in [0.15, 0.2) is 29.6 Å². The second kappa shape index (κ2) is 8.29. The molecule has 0 saturated carbocycles. The van der Waals surface area contributed by atoms with Gasteiger partial charge in [0.2, 0.25) is 0 Å². The van der Waals surface area contributed by atoms with E-state index in [-0.39, 0.29) is 0 Å². The van der Waals surface area contributed by atoms with Gasteiger partial charge in [0.05, 0.1) is 18.8 Å². The van der Waals surface area contributed by atoms with Gasteiger partial charge in [-0.1, -0.05) is 12.1 Å². The molecular weight excluding hydrogens is 320 g/mol. The Bertz CT molecular complexity index is 714. The molecule has 1 fully saturated rings. The van der Waals surface area contributed by atoms with Crippen molar-refractivity contribution in [1.29, 1.82) is 5.26 Å². The van der Waals surface area contributed by atoms with Crippen LogP contribution in [0.5, 0.6) is 5.75 Å². The van der Waals surface area contributed by atoms with Crippen molar-refractivity contribution in [2.45, 2.75) is 26.4 Å². The molecule has 1 saturated heterocycles. The summed E-state index contributed by atoms with van der Waals surface area (Å²) in [5.74, 6) is 1.46. The maximum Gasteiger partial charge on any atom is 0.124 e. The van der Waals surface area contributed by atoms with Gasteiger partial charge >= 0.3 is 0 Å². The Balaban J connectivity index is 1.56. The van der Waals surface area contributed by atoms with E-state index in [2.05, 4.69) is 36.5 Å². The zero-order valence-electron chi connectivity index (χ0n) is 13.9. The van der Waals surface area contributed by atoms with Gasteiger partial charge in [0, 0.05) is 41.4 Å². The highest BCUT2D eigenvalue weighted by Crippen LogP contribution is 2.23. The maximum atomic E-state index is 8.88. The molecule has 0 radical (unpaired) electrons. The molecule has 2 heterocycles. The first-order valence-corrected chi connectivity index (χ1v) is 9.11. The van der Waals surface area contributed by atoms with E-state index < -0.39 is 0 Å². The summed E-state index contributed by atoms with van der Waals surface area (Å²) in [4.78, 5) is 1.17. The molecule has 1 aromatic heterocycles. The smallest absolute Gasteiger partial charge is 0.124 e. The third kappa shape index (κ3) is 4.57. The van der Waals surface area contributed by atoms with Crippen molar-refractivity contribution in [2.75, 3.05) is 19.8 Å². The summed E-state index contributed by atoms with van der Waals surface area (Å²) in [6.07, 6.45) is 1.08. The number of rotatable bonds is 7. The molecule has 1 aromatic carbocycles. The Morgan fingerprint density at radius 3 is 3.04 bits per heavy atom. The van der Waals surface area contributed by atoms with Crippen molar-refractivity contribution >= 4 is 11.3 Å². The Labute approximate surface area is 147 Å². The van der Waals surface area contributed by atoms with E-state index in [0.29, 0.717) is 12.5 Å². The van der Waals surface area contributed by atoms with Crippen LogP contribution in [0, 0.1) is 24.2 Å². The second-order valence-electron chi connectivity index (χ2n) is 6.17. The van der Waals surface area contributed by atoms with Gasteiger partial charge in [-0.05, 0) is 31.0 Å². The van der Waals surface area contributed by atoms with Crippen LogP contribution in [0.1, 0.15) is 28.0 Å². The van der Waals surface area contributed by atoms with E-state index in [4.69, 9.17) is 14.7 Å². The van der Waals surface area contributed by atoms with E-state index in [1.54, 1.807) is 11.3 Å². The van der Waals surface area contributed by atoms with Crippen molar-refractivity contribution in [1.82, 2.24) is 5.32 Å². The number of nitrogens with one attached hydrogen (secondary N) is 1. The molecule has 0 amide bonds. The highest BCUT2D eigenvalue weighted by atomic mass is 32.1. The molecule has 1 aliphatic heterocycles. The number of nitriles is 1. The molecule has 2 aromatic rings. The van der Waals surface area contributed by atoms with Gasteiger partial charge in [0.1, 0.15) is 11.8 Å². The highest BCUT2D eigenvalue weighted by Gasteiger charge is 2.17. The first kappa shape index (κ1) is 17.0. The molecule has 0 aliphatic carbocycles. The van der Waals surface area contributed by atoms with Crippen LogP contribution in [0.25, 0.3) is 0 Å². The summed E-state index contributed by atoms with van der Waals surface area (Å²) in [5, 5.41) is 14.2. The van der Waals surface area contributed by atoms with E-state index in [9.17, 15) is 0 Å². The molecule has 4 nitrogen and oxygen atoms in total. The average molecular weight is 342 g/mol. The fourth-order valence-electron chi connectivity index (χ4n) is 2.72. The summed E-state index contributed by atoms with van der Waals surface area (Å²) in [5.41, 5.74) is 3.10. The van der Waals surface area contributed by atoms with Gasteiger partial charge in [0.25, 0.3) is 0 Å². The normalized spacial score (nSPS) is 16.9. The standard InChI is InChI=1S/C19H22N2O2S/c1-14-2-3-17(9-21-10-18-7-16(8-20)13-24-18)19(6-14)23-12-15-4-5-22-11-15/h2-3,6-7,13,15,21H,4-5,9-12H2,1H3/t15-/m1/s1. The van der Waals surface area contributed by atoms with Crippen molar-refractivity contribution in [3.8, 4) is 11.8 Å². The molecule has 3 rings (SSSR count). The lowest BCUT2D eigenvalue weighted by Gasteiger charge is -2.15. The van der Waals surface area contributed by atoms with Gasteiger partial charge in [0.15, 0.2) is 0 Å². The number of nitrogens with zero attached hydrogens (tertiary/aromatic N) is 1. The van der Waals surface area contributed by atoms with E-state index in [0.717, 1.165) is 49.6 Å². The monoisotopic (exact) mass is 342 g/mol. The molecule has 1 aliphatic rings. The minimum Gasteiger partial charge on any atom is -0.493 e. The van der Waals surface area contributed by atoms with Crippen LogP contribution in [0.4, 0.5) is 0 Å². The fraction of sp³-hybridized carbons (Fsp3) is 0.421. The Morgan fingerprint density at radius 2 is 2.29 bits per heavy atom. The third-order valence-corrected chi connectivity index (χ3v) is 5.06. The maximum absolute atomic E-state index is 8.88. The van der Waals surface area contributed by atoms with Crippen LogP contribution < -0.4 is 10.1 Å². The molecule has 5 heteroatoms. The lowest BCUT2D eigenvalue weighted by molar-refractivity contribution is 0.166. The number of hydrogen-bond donors (Lipinski definition) is 1. The molecule has 24 heavy (non-hydrogen) atoms. The van der Waals surface area contributed by atoms with Crippen LogP contribution >= 0.6 is 11.3 Å². The van der Waals surface area contributed by atoms with Crippen molar-refractivity contribution < 1.29 is 9.47 Å². The summed E-state index contributed by atoms with van der Waals surface area (Å²) in [7, 11) is 0. The van der Waals surface area contributed by atoms with Gasteiger partial charge in [-0.25, -0.2) is 0 Å². The first-order valence-electron chi connectivity index (χ1n) is 8.23. The largest absolute Gasteiger partial charge is 0.493 e. The second-order valence-corrected chi connectivity index (χ2v) is 7.16. The minimum atomic E-state index is 0.502. The van der Waals surface area contributed by atoms with Crippen LogP contribution in [-0.4, -0.2) is 19.8 Å². The van der Waals surface area contributed by atoms with Crippen LogP contribution in [0.2, 0.25) is 0 Å². The quantitative estimate of drug-likeness (QED) is 0.835. The zero-order chi connectivity index (χ0) is 16.8. The fourth-order valence-corrected chi connectivity index (χ4v) is 3.50. The average Bonchev–Trinajstić information content (AvgIpc) is 3.26. The lowest BCUT2D eigenvalue weighted by Crippen LogP contribution is -2.15. The van der Waals surface area contributed by atoms with Crippen molar-refractivity contribution in [3.63, 3.8) is 0 Å². The number of aryl methyl sites for hydroxylation is 1. The SMILES string of the molecule is Cc1ccc(CNCc2cc(C#N)cs2)c(OC[C@@H]2CCOC2)c1. The Morgan fingerprint density at radius 1 is 1.38 bits per heavy atom. The molecule has 0 bridgehead atoms. The first-order chi connectivity index (χ1) is 11.7. The van der Waals surface area contributed by atoms with Crippen LogP contribution in [-0.2, 0) is 17.8 Å². The van der Waals surface area contributed by atoms with Gasteiger partial charge in [-0.2, -0.15) is 5.26 Å². The van der Waals surface area contributed by atoms with E-state index in [1.807, 2.05) is 11.4 Å². The Kier molecular flexibility index (Phi) is 5.86. The van der Waals surface area contributed by atoms with Crippen LogP contribution in [0.3, 0.4) is 0 Å².